The van der Waals surface area contributed by atoms with E-state index in [2.05, 4.69) is 6.58 Å². The minimum atomic E-state index is -3.02. The van der Waals surface area contributed by atoms with Gasteiger partial charge >= 0.3 is 0 Å². The number of aromatic nitrogens is 1. The van der Waals surface area contributed by atoms with Crippen LogP contribution in [0.3, 0.4) is 0 Å². The Morgan fingerprint density at radius 3 is 2.00 bits per heavy atom. The van der Waals surface area contributed by atoms with E-state index in [-0.39, 0.29) is 0 Å². The second-order valence-corrected chi connectivity index (χ2v) is 5.92. The van der Waals surface area contributed by atoms with E-state index in [1.54, 1.807) is 48.5 Å². The van der Waals surface area contributed by atoms with Crippen LogP contribution in [0.4, 0.5) is 17.6 Å². The number of allylic oxidation sites excluding steroid dienone is 5. The summed E-state index contributed by atoms with van der Waals surface area (Å²) in [6.07, 6.45) is -1.35. The minimum Gasteiger partial charge on any atom is -0.301 e. The van der Waals surface area contributed by atoms with Crippen LogP contribution in [0.2, 0.25) is 0 Å². The number of hydrogen-bond acceptors (Lipinski definition) is 0. The normalized spacial score (nSPS) is 24.0. The Hall–Kier alpha value is -2.82. The molecule has 126 valence electrons. The summed E-state index contributed by atoms with van der Waals surface area (Å²) in [4.78, 5) is 0. The smallest absolute Gasteiger partial charge is 0.247 e. The highest BCUT2D eigenvalue weighted by atomic mass is 19.2. The molecule has 0 saturated heterocycles. The maximum atomic E-state index is 15.8. The lowest BCUT2D eigenvalue weighted by Crippen LogP contribution is -2.39. The number of fused-ring (bicyclic) bond motifs is 3. The van der Waals surface area contributed by atoms with E-state index < -0.39 is 29.2 Å². The van der Waals surface area contributed by atoms with Crippen LogP contribution < -0.4 is 0 Å². The minimum absolute atomic E-state index is 0.354. The summed E-state index contributed by atoms with van der Waals surface area (Å²) in [5.41, 5.74) is 0.0575. The molecule has 1 aliphatic rings. The molecule has 25 heavy (non-hydrogen) atoms. The number of hydrogen-bond donors (Lipinski definition) is 0. The van der Waals surface area contributed by atoms with Gasteiger partial charge in [0.15, 0.2) is 0 Å². The zero-order valence-electron chi connectivity index (χ0n) is 13.0. The molecule has 0 amide bonds. The zero-order chi connectivity index (χ0) is 17.8. The average molecular weight is 343 g/mol. The van der Waals surface area contributed by atoms with Crippen LogP contribution in [-0.2, 0) is 5.79 Å². The van der Waals surface area contributed by atoms with Crippen molar-refractivity contribution in [1.82, 2.24) is 4.57 Å². The quantitative estimate of drug-likeness (QED) is 0.501. The van der Waals surface area contributed by atoms with Gasteiger partial charge < -0.3 is 4.57 Å². The van der Waals surface area contributed by atoms with E-state index in [0.29, 0.717) is 27.9 Å². The van der Waals surface area contributed by atoms with Crippen molar-refractivity contribution < 1.29 is 17.6 Å². The summed E-state index contributed by atoms with van der Waals surface area (Å²) < 4.78 is 60.1. The molecule has 1 aromatic heterocycles. The number of alkyl halides is 2. The summed E-state index contributed by atoms with van der Waals surface area (Å²) in [5.74, 6) is -5.70. The molecule has 0 radical (unpaired) electrons. The largest absolute Gasteiger partial charge is 0.301 e. The fourth-order valence-corrected chi connectivity index (χ4v) is 3.42. The van der Waals surface area contributed by atoms with E-state index >= 15 is 4.39 Å². The molecule has 0 fully saturated rings. The zero-order valence-corrected chi connectivity index (χ0v) is 13.0. The average Bonchev–Trinajstić information content (AvgIpc) is 2.95. The van der Waals surface area contributed by atoms with E-state index in [1.807, 2.05) is 0 Å². The molecule has 0 bridgehead atoms. The fourth-order valence-electron chi connectivity index (χ4n) is 3.42. The summed E-state index contributed by atoms with van der Waals surface area (Å²) in [6, 6.07) is 13.6. The molecule has 0 aliphatic heterocycles. The van der Waals surface area contributed by atoms with Crippen LogP contribution >= 0.6 is 0 Å². The van der Waals surface area contributed by atoms with Crippen molar-refractivity contribution in [3.8, 4) is 0 Å². The van der Waals surface area contributed by atoms with E-state index in [9.17, 15) is 13.2 Å². The first-order valence-corrected chi connectivity index (χ1v) is 7.71. The number of halogens is 4. The highest BCUT2D eigenvalue weighted by molar-refractivity contribution is 6.08. The van der Waals surface area contributed by atoms with Crippen molar-refractivity contribution in [3.05, 3.63) is 84.5 Å². The Kier molecular flexibility index (Phi) is 3.35. The molecule has 0 saturated carbocycles. The van der Waals surface area contributed by atoms with Crippen molar-refractivity contribution in [3.63, 3.8) is 0 Å². The van der Waals surface area contributed by atoms with E-state index in [0.717, 1.165) is 10.6 Å². The summed E-state index contributed by atoms with van der Waals surface area (Å²) in [6.45, 7) is 3.26. The first-order chi connectivity index (χ1) is 12.0. The molecule has 1 aliphatic carbocycles. The van der Waals surface area contributed by atoms with Crippen molar-refractivity contribution >= 4 is 21.8 Å². The van der Waals surface area contributed by atoms with Crippen LogP contribution in [0.1, 0.15) is 0 Å². The van der Waals surface area contributed by atoms with Crippen molar-refractivity contribution in [2.24, 2.45) is 0 Å². The highest BCUT2D eigenvalue weighted by Gasteiger charge is 2.48. The monoisotopic (exact) mass is 343 g/mol. The summed E-state index contributed by atoms with van der Waals surface area (Å²) >= 11 is 0. The Bertz CT molecular complexity index is 1020. The SMILES string of the molecule is C=CC1=C(F)C(F)C(F)(n2c3ccccc3c3ccccc32)C=C1F. The van der Waals surface area contributed by atoms with Gasteiger partial charge in [-0.05, 0) is 12.1 Å². The van der Waals surface area contributed by atoms with Crippen LogP contribution in [0.25, 0.3) is 21.8 Å². The lowest BCUT2D eigenvalue weighted by atomic mass is 9.96. The molecule has 2 atom stereocenters. The Labute approximate surface area is 141 Å². The van der Waals surface area contributed by atoms with Gasteiger partial charge in [0.05, 0.1) is 11.0 Å². The molecular weight excluding hydrogens is 330 g/mol. The van der Waals surface area contributed by atoms with Crippen LogP contribution in [0, 0.1) is 0 Å². The number of nitrogens with zero attached hydrogens (tertiary/aromatic N) is 1. The fraction of sp³-hybridized carbons (Fsp3) is 0.100. The molecule has 4 rings (SSSR count). The Balaban J connectivity index is 2.11. The van der Waals surface area contributed by atoms with Gasteiger partial charge in [0.2, 0.25) is 12.0 Å². The van der Waals surface area contributed by atoms with Gasteiger partial charge in [0.25, 0.3) is 0 Å². The third kappa shape index (κ3) is 2.02. The van der Waals surface area contributed by atoms with Gasteiger partial charge in [-0.1, -0.05) is 49.1 Å². The predicted octanol–water partition coefficient (Wildman–Crippen LogP) is 6.03. The number of para-hydroxylation sites is 2. The molecule has 0 N–H and O–H groups in total. The van der Waals surface area contributed by atoms with Gasteiger partial charge in [-0.25, -0.2) is 17.6 Å². The molecular formula is C20H13F4N. The van der Waals surface area contributed by atoms with Crippen LogP contribution in [0.5, 0.6) is 0 Å². The second-order valence-electron chi connectivity index (χ2n) is 5.92. The first kappa shape index (κ1) is 15.7. The van der Waals surface area contributed by atoms with E-state index in [4.69, 9.17) is 0 Å². The third-order valence-corrected chi connectivity index (χ3v) is 4.55. The van der Waals surface area contributed by atoms with Crippen LogP contribution in [0.15, 0.2) is 84.5 Å². The predicted molar refractivity (Wildman–Crippen MR) is 90.9 cm³/mol. The maximum Gasteiger partial charge on any atom is 0.247 e. The highest BCUT2D eigenvalue weighted by Crippen LogP contribution is 2.45. The lowest BCUT2D eigenvalue weighted by Gasteiger charge is -2.31. The Morgan fingerprint density at radius 1 is 0.960 bits per heavy atom. The lowest BCUT2D eigenvalue weighted by molar-refractivity contribution is 0.0350. The van der Waals surface area contributed by atoms with Crippen molar-refractivity contribution in [2.75, 3.05) is 0 Å². The molecule has 3 aromatic rings. The topological polar surface area (TPSA) is 4.93 Å². The second kappa shape index (κ2) is 5.34. The van der Waals surface area contributed by atoms with Crippen molar-refractivity contribution in [2.45, 2.75) is 12.0 Å². The van der Waals surface area contributed by atoms with Crippen molar-refractivity contribution in [1.29, 1.82) is 0 Å². The first-order valence-electron chi connectivity index (χ1n) is 7.71. The summed E-state index contributed by atoms with van der Waals surface area (Å²) in [5, 5.41) is 1.35. The number of benzene rings is 2. The molecule has 0 spiro atoms. The van der Waals surface area contributed by atoms with Gasteiger partial charge in [0, 0.05) is 22.4 Å². The van der Waals surface area contributed by atoms with Gasteiger partial charge in [-0.15, -0.1) is 0 Å². The molecule has 1 nitrogen and oxygen atoms in total. The van der Waals surface area contributed by atoms with Crippen LogP contribution in [-0.4, -0.2) is 10.7 Å². The molecule has 2 aromatic carbocycles. The van der Waals surface area contributed by atoms with Gasteiger partial charge in [-0.2, -0.15) is 0 Å². The van der Waals surface area contributed by atoms with Gasteiger partial charge in [-0.3, -0.25) is 0 Å². The standard InChI is InChI=1S/C20H13F4N/c1-2-12-15(21)11-20(24,19(23)18(12)22)25-16-9-5-3-7-13(16)14-8-4-6-10-17(14)25/h2-11,19H,1H2. The summed E-state index contributed by atoms with van der Waals surface area (Å²) in [7, 11) is 0. The molecule has 2 unspecified atom stereocenters. The van der Waals surface area contributed by atoms with Gasteiger partial charge in [0.1, 0.15) is 11.7 Å². The molecule has 5 heteroatoms. The Morgan fingerprint density at radius 2 is 1.48 bits per heavy atom. The maximum absolute atomic E-state index is 15.8. The molecule has 1 heterocycles. The van der Waals surface area contributed by atoms with E-state index in [1.165, 1.54) is 0 Å². The third-order valence-electron chi connectivity index (χ3n) is 4.55. The number of rotatable bonds is 2.